The molecular formula is C21H19NO6. The molecule has 3 heterocycles. The summed E-state index contributed by atoms with van der Waals surface area (Å²) in [5.74, 6) is 1.50. The first-order valence-corrected chi connectivity index (χ1v) is 9.18. The molecule has 7 nitrogen and oxygen atoms in total. The number of hydrogen-bond acceptors (Lipinski definition) is 6. The van der Waals surface area contributed by atoms with E-state index < -0.39 is 5.97 Å². The van der Waals surface area contributed by atoms with E-state index >= 15 is 0 Å². The molecule has 28 heavy (non-hydrogen) atoms. The highest BCUT2D eigenvalue weighted by molar-refractivity contribution is 6.01. The molecule has 0 aliphatic carbocycles. The first-order chi connectivity index (χ1) is 13.6. The lowest BCUT2D eigenvalue weighted by Crippen LogP contribution is -2.44. The van der Waals surface area contributed by atoms with Crippen LogP contribution in [0.4, 0.5) is 0 Å². The number of methoxy groups -OCH3 is 1. The second kappa shape index (κ2) is 6.15. The maximum atomic E-state index is 13.4. The molecule has 3 aliphatic heterocycles. The zero-order valence-electron chi connectivity index (χ0n) is 15.6. The van der Waals surface area contributed by atoms with Crippen molar-refractivity contribution in [3.8, 4) is 23.0 Å². The van der Waals surface area contributed by atoms with Crippen molar-refractivity contribution in [1.29, 1.82) is 0 Å². The van der Waals surface area contributed by atoms with Crippen LogP contribution in [0, 0.1) is 0 Å². The van der Waals surface area contributed by atoms with Gasteiger partial charge in [-0.2, -0.15) is 0 Å². The zero-order chi connectivity index (χ0) is 19.4. The van der Waals surface area contributed by atoms with Crippen molar-refractivity contribution in [2.24, 2.45) is 0 Å². The summed E-state index contributed by atoms with van der Waals surface area (Å²) >= 11 is 0. The normalized spacial score (nSPS) is 18.9. The van der Waals surface area contributed by atoms with Crippen LogP contribution in [0.25, 0.3) is 0 Å². The Morgan fingerprint density at radius 3 is 2.71 bits per heavy atom. The summed E-state index contributed by atoms with van der Waals surface area (Å²) in [7, 11) is 1.48. The van der Waals surface area contributed by atoms with Crippen molar-refractivity contribution in [2.45, 2.75) is 25.8 Å². The molecule has 0 aromatic heterocycles. The number of fused-ring (bicyclic) bond motifs is 5. The maximum absolute atomic E-state index is 13.4. The van der Waals surface area contributed by atoms with Gasteiger partial charge in [0.05, 0.1) is 18.7 Å². The molecule has 1 amide bonds. The lowest BCUT2D eigenvalue weighted by molar-refractivity contribution is -0.132. The fourth-order valence-electron chi connectivity index (χ4n) is 4.35. The van der Waals surface area contributed by atoms with Crippen molar-refractivity contribution in [2.75, 3.05) is 20.4 Å². The summed E-state index contributed by atoms with van der Waals surface area (Å²) in [6.45, 7) is 2.16. The van der Waals surface area contributed by atoms with E-state index in [1.165, 1.54) is 19.6 Å². The molecule has 2 aromatic carbocycles. The van der Waals surface area contributed by atoms with Crippen LogP contribution in [0.2, 0.25) is 0 Å². The second-order valence-electron chi connectivity index (χ2n) is 7.10. The van der Waals surface area contributed by atoms with E-state index in [-0.39, 0.29) is 24.5 Å². The van der Waals surface area contributed by atoms with Gasteiger partial charge in [-0.25, -0.2) is 0 Å². The summed E-state index contributed by atoms with van der Waals surface area (Å²) in [5, 5.41) is 0. The van der Waals surface area contributed by atoms with Crippen LogP contribution in [0.5, 0.6) is 23.0 Å². The quantitative estimate of drug-likeness (QED) is 0.588. The molecule has 2 aromatic rings. The third-order valence-corrected chi connectivity index (χ3v) is 5.55. The van der Waals surface area contributed by atoms with E-state index in [1.807, 2.05) is 23.1 Å². The van der Waals surface area contributed by atoms with E-state index in [9.17, 15) is 9.59 Å². The number of carbonyl (C=O) groups excluding carboxylic acids is 2. The summed E-state index contributed by atoms with van der Waals surface area (Å²) in [6.07, 6.45) is 1.40. The Bertz CT molecular complexity index is 1010. The molecule has 144 valence electrons. The molecule has 0 fully saturated rings. The van der Waals surface area contributed by atoms with Gasteiger partial charge in [-0.05, 0) is 47.7 Å². The average Bonchev–Trinajstić information content (AvgIpc) is 3.13. The molecule has 0 saturated heterocycles. The van der Waals surface area contributed by atoms with Gasteiger partial charge in [0.1, 0.15) is 0 Å². The van der Waals surface area contributed by atoms with Gasteiger partial charge in [0.15, 0.2) is 23.0 Å². The van der Waals surface area contributed by atoms with Gasteiger partial charge in [0, 0.05) is 13.5 Å². The number of rotatable bonds is 2. The number of hydrogen-bond donors (Lipinski definition) is 0. The number of ether oxygens (including phenoxy) is 4. The lowest BCUT2D eigenvalue weighted by atomic mass is 9.83. The Hall–Kier alpha value is -3.22. The van der Waals surface area contributed by atoms with Gasteiger partial charge >= 0.3 is 5.97 Å². The summed E-state index contributed by atoms with van der Waals surface area (Å²) in [4.78, 5) is 26.6. The van der Waals surface area contributed by atoms with Gasteiger partial charge in [-0.1, -0.05) is 6.07 Å². The minimum Gasteiger partial charge on any atom is -0.492 e. The number of amides is 1. The fourth-order valence-corrected chi connectivity index (χ4v) is 4.35. The Balaban J connectivity index is 1.60. The minimum absolute atomic E-state index is 0.0671. The Morgan fingerprint density at radius 1 is 1.18 bits per heavy atom. The van der Waals surface area contributed by atoms with Crippen molar-refractivity contribution >= 4 is 11.9 Å². The standard InChI is InChI=1S/C21H19NO6/c1-11(23)28-16-4-3-13-7-15-14-9-18-17(26-10-27-18)8-12(14)5-6-22(15)21(24)19(13)20(16)25-2/h3-4,8-9,15H,5-7,10H2,1-2H3. The first-order valence-electron chi connectivity index (χ1n) is 9.18. The van der Waals surface area contributed by atoms with Crippen molar-refractivity contribution in [1.82, 2.24) is 4.90 Å². The molecule has 1 atom stereocenters. The zero-order valence-corrected chi connectivity index (χ0v) is 15.6. The topological polar surface area (TPSA) is 74.3 Å². The van der Waals surface area contributed by atoms with Crippen molar-refractivity contribution in [3.05, 3.63) is 46.5 Å². The van der Waals surface area contributed by atoms with Crippen LogP contribution in [-0.4, -0.2) is 37.2 Å². The monoisotopic (exact) mass is 381 g/mol. The van der Waals surface area contributed by atoms with Crippen LogP contribution < -0.4 is 18.9 Å². The molecule has 0 bridgehead atoms. The number of esters is 1. The fraction of sp³-hybridized carbons (Fsp3) is 0.333. The van der Waals surface area contributed by atoms with E-state index in [0.717, 1.165) is 29.0 Å². The van der Waals surface area contributed by atoms with Crippen LogP contribution in [0.15, 0.2) is 24.3 Å². The highest BCUT2D eigenvalue weighted by Crippen LogP contribution is 2.46. The van der Waals surface area contributed by atoms with Gasteiger partial charge in [-0.15, -0.1) is 0 Å². The predicted octanol–water partition coefficient (Wildman–Crippen LogP) is 2.64. The Morgan fingerprint density at radius 2 is 1.96 bits per heavy atom. The van der Waals surface area contributed by atoms with E-state index in [0.29, 0.717) is 24.3 Å². The van der Waals surface area contributed by atoms with Crippen LogP contribution in [-0.2, 0) is 17.6 Å². The van der Waals surface area contributed by atoms with Crippen LogP contribution in [0.1, 0.15) is 40.0 Å². The second-order valence-corrected chi connectivity index (χ2v) is 7.10. The van der Waals surface area contributed by atoms with Gasteiger partial charge in [-0.3, -0.25) is 9.59 Å². The Kier molecular flexibility index (Phi) is 3.72. The number of benzene rings is 2. The van der Waals surface area contributed by atoms with Crippen LogP contribution in [0.3, 0.4) is 0 Å². The molecule has 7 heteroatoms. The van der Waals surface area contributed by atoms with E-state index in [2.05, 4.69) is 0 Å². The average molecular weight is 381 g/mol. The molecule has 0 N–H and O–H groups in total. The first kappa shape index (κ1) is 16.9. The highest BCUT2D eigenvalue weighted by Gasteiger charge is 2.40. The lowest BCUT2D eigenvalue weighted by Gasteiger charge is -2.41. The summed E-state index contributed by atoms with van der Waals surface area (Å²) in [5.41, 5.74) is 3.63. The van der Waals surface area contributed by atoms with Gasteiger partial charge in [0.25, 0.3) is 5.91 Å². The minimum atomic E-state index is -0.456. The largest absolute Gasteiger partial charge is 0.492 e. The SMILES string of the molecule is COc1c(OC(C)=O)ccc2c1C(=O)N1CCc3cc4c(cc3C1C2)OCO4. The van der Waals surface area contributed by atoms with Crippen molar-refractivity contribution in [3.63, 3.8) is 0 Å². The van der Waals surface area contributed by atoms with Crippen molar-refractivity contribution < 1.29 is 28.5 Å². The predicted molar refractivity (Wildman–Crippen MR) is 98.1 cm³/mol. The molecule has 0 spiro atoms. The molecule has 3 aliphatic rings. The number of nitrogens with zero attached hydrogens (tertiary/aromatic N) is 1. The van der Waals surface area contributed by atoms with Gasteiger partial charge in [0.2, 0.25) is 6.79 Å². The van der Waals surface area contributed by atoms with Crippen LogP contribution >= 0.6 is 0 Å². The molecular weight excluding hydrogens is 362 g/mol. The third kappa shape index (κ3) is 2.42. The molecule has 5 rings (SSSR count). The third-order valence-electron chi connectivity index (χ3n) is 5.55. The molecule has 0 saturated carbocycles. The van der Waals surface area contributed by atoms with E-state index in [1.54, 1.807) is 6.07 Å². The summed E-state index contributed by atoms with van der Waals surface area (Å²) < 4.78 is 21.7. The smallest absolute Gasteiger partial charge is 0.308 e. The van der Waals surface area contributed by atoms with Gasteiger partial charge < -0.3 is 23.8 Å². The maximum Gasteiger partial charge on any atom is 0.308 e. The molecule has 0 radical (unpaired) electrons. The van der Waals surface area contributed by atoms with E-state index in [4.69, 9.17) is 18.9 Å². The highest BCUT2D eigenvalue weighted by atomic mass is 16.7. The molecule has 1 unspecified atom stereocenters. The summed E-state index contributed by atoms with van der Waals surface area (Å²) in [6, 6.07) is 7.48. The number of carbonyl (C=O) groups is 2. The Labute approximate surface area is 161 Å².